The van der Waals surface area contributed by atoms with Gasteiger partial charge in [-0.15, -0.1) is 0 Å². The van der Waals surface area contributed by atoms with Crippen molar-refractivity contribution in [3.05, 3.63) is 38.8 Å². The van der Waals surface area contributed by atoms with Crippen molar-refractivity contribution in [2.45, 2.75) is 0 Å². The van der Waals surface area contributed by atoms with E-state index in [0.29, 0.717) is 18.2 Å². The maximum atomic E-state index is 11.8. The molecule has 0 fully saturated rings. The van der Waals surface area contributed by atoms with Crippen LogP contribution in [-0.2, 0) is 7.05 Å². The van der Waals surface area contributed by atoms with Gasteiger partial charge in [0.15, 0.2) is 0 Å². The van der Waals surface area contributed by atoms with Gasteiger partial charge in [0.2, 0.25) is 0 Å². The second kappa shape index (κ2) is 6.27. The zero-order valence-corrected chi connectivity index (χ0v) is 13.9. The Labute approximate surface area is 132 Å². The first-order chi connectivity index (χ1) is 9.49. The van der Waals surface area contributed by atoms with Crippen LogP contribution in [0.2, 0.25) is 0 Å². The van der Waals surface area contributed by atoms with Crippen molar-refractivity contribution in [3.8, 4) is 0 Å². The molecule has 2 heterocycles. The fourth-order valence-corrected chi connectivity index (χ4v) is 2.25. The average Bonchev–Trinajstić information content (AvgIpc) is 2.91. The molecule has 0 spiro atoms. The van der Waals surface area contributed by atoms with E-state index in [-0.39, 0.29) is 5.91 Å². The number of anilines is 1. The van der Waals surface area contributed by atoms with Crippen LogP contribution in [0.3, 0.4) is 0 Å². The summed E-state index contributed by atoms with van der Waals surface area (Å²) in [5.74, 6) is 0.411. The average molecular weight is 404 g/mol. The van der Waals surface area contributed by atoms with E-state index in [1.807, 2.05) is 23.8 Å². The lowest BCUT2D eigenvalue weighted by atomic mass is 10.3. The molecule has 5 N–H and O–H groups in total. The zero-order valence-electron chi connectivity index (χ0n) is 10.7. The predicted molar refractivity (Wildman–Crippen MR) is 83.9 cm³/mol. The number of nitrogens with zero attached hydrogens (tertiary/aromatic N) is 1. The van der Waals surface area contributed by atoms with Crippen molar-refractivity contribution in [1.29, 1.82) is 0 Å². The molecule has 0 radical (unpaired) electrons. The van der Waals surface area contributed by atoms with Gasteiger partial charge < -0.3 is 10.3 Å². The lowest BCUT2D eigenvalue weighted by Gasteiger charge is -1.99. The predicted octanol–water partition coefficient (Wildman–Crippen LogP) is 1.72. The summed E-state index contributed by atoms with van der Waals surface area (Å²) >= 11 is 6.61. The first kappa shape index (κ1) is 14.9. The van der Waals surface area contributed by atoms with E-state index in [4.69, 9.17) is 5.73 Å². The molecule has 2 aromatic rings. The number of hydrogen-bond donors (Lipinski definition) is 4. The minimum atomic E-state index is -0.168. The third-order valence-electron chi connectivity index (χ3n) is 2.76. The van der Waals surface area contributed by atoms with E-state index >= 15 is 0 Å². The number of H-pyrrole nitrogens is 2. The van der Waals surface area contributed by atoms with E-state index in [1.54, 1.807) is 12.3 Å². The largest absolute Gasteiger partial charge is 0.352 e. The fraction of sp³-hybridized carbons (Fsp3) is 0.167. The molecule has 0 aliphatic carbocycles. The number of halogens is 2. The molecule has 0 bridgehead atoms. The van der Waals surface area contributed by atoms with Crippen LogP contribution >= 0.6 is 31.9 Å². The topological polar surface area (TPSA) is 90.6 Å². The van der Waals surface area contributed by atoms with E-state index in [1.165, 1.54) is 0 Å². The van der Waals surface area contributed by atoms with Gasteiger partial charge in [0.25, 0.3) is 5.91 Å². The van der Waals surface area contributed by atoms with Crippen LogP contribution in [0.5, 0.6) is 0 Å². The van der Waals surface area contributed by atoms with Gasteiger partial charge in [-0.3, -0.25) is 10.5 Å². The minimum Gasteiger partial charge on any atom is -0.347 e. The number of imidazole rings is 1. The Morgan fingerprint density at radius 3 is 2.85 bits per heavy atom. The van der Waals surface area contributed by atoms with Crippen molar-refractivity contribution in [2.75, 3.05) is 12.3 Å². The Morgan fingerprint density at radius 2 is 2.30 bits per heavy atom. The molecular weight excluding hydrogens is 390 g/mol. The van der Waals surface area contributed by atoms with Gasteiger partial charge >= 0.3 is 5.95 Å². The van der Waals surface area contributed by atoms with Gasteiger partial charge in [-0.2, -0.15) is 0 Å². The molecule has 0 aliphatic heterocycles. The highest BCUT2D eigenvalue weighted by atomic mass is 79.9. The van der Waals surface area contributed by atoms with Gasteiger partial charge in [0.1, 0.15) is 17.6 Å². The number of carbonyl (C=O) groups excluding carboxylic acids is 1. The lowest BCUT2D eigenvalue weighted by Crippen LogP contribution is -2.32. The second-order valence-electron chi connectivity index (χ2n) is 4.12. The van der Waals surface area contributed by atoms with Crippen LogP contribution in [0.15, 0.2) is 27.4 Å². The first-order valence-corrected chi connectivity index (χ1v) is 7.39. The van der Waals surface area contributed by atoms with Gasteiger partial charge in [0, 0.05) is 6.54 Å². The number of nitrogens with two attached hydrogens (primary N) is 1. The minimum absolute atomic E-state index is 0.168. The quantitative estimate of drug-likeness (QED) is 0.585. The summed E-state index contributed by atoms with van der Waals surface area (Å²) in [4.78, 5) is 17.7. The molecule has 0 aliphatic rings. The monoisotopic (exact) mass is 402 g/mol. The van der Waals surface area contributed by atoms with E-state index in [2.05, 4.69) is 47.1 Å². The van der Waals surface area contributed by atoms with Crippen molar-refractivity contribution in [3.63, 3.8) is 0 Å². The van der Waals surface area contributed by atoms with Crippen LogP contribution in [0, 0.1) is 0 Å². The van der Waals surface area contributed by atoms with Gasteiger partial charge in [-0.25, -0.2) is 9.55 Å². The highest BCUT2D eigenvalue weighted by molar-refractivity contribution is 9.13. The van der Waals surface area contributed by atoms with Crippen LogP contribution in [0.1, 0.15) is 16.2 Å². The van der Waals surface area contributed by atoms with E-state index in [9.17, 15) is 4.79 Å². The summed E-state index contributed by atoms with van der Waals surface area (Å²) in [6.45, 7) is 0.429. The SMILES string of the molecule is C[n+]1c(/C=C\CNC(=O)c2cc(Br)c(Br)[nH]2)c[nH]c1N. The summed E-state index contributed by atoms with van der Waals surface area (Å²) in [5, 5.41) is 2.79. The Kier molecular flexibility index (Phi) is 4.66. The maximum Gasteiger partial charge on any atom is 0.352 e. The number of aromatic amines is 2. The number of amides is 1. The molecule has 0 aromatic carbocycles. The number of hydrogen-bond acceptors (Lipinski definition) is 2. The normalized spacial score (nSPS) is 11.2. The van der Waals surface area contributed by atoms with Gasteiger partial charge in [-0.1, -0.05) is 6.08 Å². The highest BCUT2D eigenvalue weighted by Crippen LogP contribution is 2.22. The first-order valence-electron chi connectivity index (χ1n) is 5.80. The molecule has 2 aromatic heterocycles. The molecular formula is C12H14Br2N5O+. The Hall–Kier alpha value is -1.54. The molecule has 0 unspecified atom stereocenters. The third kappa shape index (κ3) is 3.31. The Morgan fingerprint density at radius 1 is 1.55 bits per heavy atom. The summed E-state index contributed by atoms with van der Waals surface area (Å²) < 4.78 is 3.37. The summed E-state index contributed by atoms with van der Waals surface area (Å²) in [6.07, 6.45) is 5.54. The summed E-state index contributed by atoms with van der Waals surface area (Å²) in [6, 6.07) is 1.72. The summed E-state index contributed by atoms with van der Waals surface area (Å²) in [5.41, 5.74) is 7.10. The third-order valence-corrected chi connectivity index (χ3v) is 4.54. The number of rotatable bonds is 4. The number of aromatic nitrogens is 3. The molecule has 8 heteroatoms. The smallest absolute Gasteiger partial charge is 0.347 e. The van der Waals surface area contributed by atoms with Gasteiger partial charge in [0.05, 0.1) is 16.1 Å². The molecule has 0 atom stereocenters. The molecule has 0 saturated heterocycles. The Balaban J connectivity index is 1.90. The molecule has 1 amide bonds. The number of nitrogens with one attached hydrogen (secondary N) is 3. The van der Waals surface area contributed by atoms with Crippen molar-refractivity contribution >= 4 is 49.8 Å². The van der Waals surface area contributed by atoms with Crippen LogP contribution < -0.4 is 15.6 Å². The van der Waals surface area contributed by atoms with E-state index in [0.717, 1.165) is 14.8 Å². The molecule has 2 rings (SSSR count). The van der Waals surface area contributed by atoms with Crippen LogP contribution in [0.4, 0.5) is 5.95 Å². The molecule has 20 heavy (non-hydrogen) atoms. The maximum absolute atomic E-state index is 11.8. The number of nitrogen functional groups attached to an aromatic ring is 1. The number of carbonyl (C=O) groups is 1. The fourth-order valence-electron chi connectivity index (χ4n) is 1.59. The standard InChI is InChI=1S/C12H13Br2N5O/c1-19-7(6-17-12(19)15)3-2-4-16-11(20)9-5-8(13)10(14)18-9/h2-3,5-6H,4H2,1H3,(H4,15,16,17,18,20)/p+1/b3-2-. The van der Waals surface area contributed by atoms with Crippen LogP contribution in [0.25, 0.3) is 6.08 Å². The molecule has 106 valence electrons. The highest BCUT2D eigenvalue weighted by Gasteiger charge is 2.10. The van der Waals surface area contributed by atoms with Crippen molar-refractivity contribution < 1.29 is 9.36 Å². The zero-order chi connectivity index (χ0) is 14.7. The Bertz CT molecular complexity index is 639. The van der Waals surface area contributed by atoms with Crippen LogP contribution in [-0.4, -0.2) is 22.4 Å². The van der Waals surface area contributed by atoms with Crippen molar-refractivity contribution in [2.24, 2.45) is 7.05 Å². The lowest BCUT2D eigenvalue weighted by molar-refractivity contribution is -0.657. The second-order valence-corrected chi connectivity index (χ2v) is 5.76. The summed E-state index contributed by atoms with van der Waals surface area (Å²) in [7, 11) is 1.86. The molecule has 0 saturated carbocycles. The molecule has 6 nitrogen and oxygen atoms in total. The van der Waals surface area contributed by atoms with E-state index < -0.39 is 0 Å². The van der Waals surface area contributed by atoms with Gasteiger partial charge in [-0.05, 0) is 44.0 Å². The van der Waals surface area contributed by atoms with Crippen molar-refractivity contribution in [1.82, 2.24) is 15.3 Å².